The minimum absolute atomic E-state index is 0.0957. The number of nitrogens with zero attached hydrogens (tertiary/aromatic N) is 1. The van der Waals surface area contributed by atoms with Gasteiger partial charge in [-0.3, -0.25) is 9.59 Å². The summed E-state index contributed by atoms with van der Waals surface area (Å²) in [5.41, 5.74) is 5.39. The molecule has 0 aromatic carbocycles. The fourth-order valence-corrected chi connectivity index (χ4v) is 1.41. The van der Waals surface area contributed by atoms with Gasteiger partial charge in [0.2, 0.25) is 5.91 Å². The van der Waals surface area contributed by atoms with Crippen molar-refractivity contribution in [3.63, 3.8) is 0 Å². The summed E-state index contributed by atoms with van der Waals surface area (Å²) in [4.78, 5) is 23.1. The fourth-order valence-electron chi connectivity index (χ4n) is 1.41. The predicted octanol–water partition coefficient (Wildman–Crippen LogP) is -0.733. The Kier molecular flexibility index (Phi) is 2.87. The molecule has 5 heteroatoms. The number of hydrogen-bond donors (Lipinski definition) is 2. The summed E-state index contributed by atoms with van der Waals surface area (Å²) in [6, 6.07) is -0.481. The van der Waals surface area contributed by atoms with Crippen LogP contribution >= 0.6 is 0 Å². The highest BCUT2D eigenvalue weighted by Gasteiger charge is 2.32. The van der Waals surface area contributed by atoms with E-state index in [-0.39, 0.29) is 18.2 Å². The van der Waals surface area contributed by atoms with Crippen molar-refractivity contribution >= 4 is 11.9 Å². The molecule has 0 aromatic heterocycles. The van der Waals surface area contributed by atoms with Crippen LogP contribution in [0.2, 0.25) is 0 Å². The second-order valence-electron chi connectivity index (χ2n) is 3.50. The van der Waals surface area contributed by atoms with E-state index in [2.05, 4.69) is 0 Å². The maximum atomic E-state index is 11.2. The Bertz CT molecular complexity index is 221. The van der Waals surface area contributed by atoms with Crippen molar-refractivity contribution in [1.82, 2.24) is 4.90 Å². The molecule has 13 heavy (non-hydrogen) atoms. The summed E-state index contributed by atoms with van der Waals surface area (Å²) in [5.74, 6) is -0.792. The average molecular weight is 186 g/mol. The van der Waals surface area contributed by atoms with Gasteiger partial charge in [-0.05, 0) is 6.92 Å². The van der Waals surface area contributed by atoms with Crippen molar-refractivity contribution in [2.75, 3.05) is 13.1 Å². The quantitative estimate of drug-likeness (QED) is 0.608. The molecule has 3 N–H and O–H groups in total. The fraction of sp³-hybridized carbons (Fsp3) is 0.750. The molecule has 74 valence electrons. The number of rotatable bonds is 3. The van der Waals surface area contributed by atoms with Crippen molar-refractivity contribution < 1.29 is 14.7 Å². The van der Waals surface area contributed by atoms with Crippen molar-refractivity contribution in [2.45, 2.75) is 19.4 Å². The third kappa shape index (κ3) is 2.42. The van der Waals surface area contributed by atoms with E-state index >= 15 is 0 Å². The lowest BCUT2D eigenvalue weighted by atomic mass is 9.96. The molecular formula is C8H14N2O3. The van der Waals surface area contributed by atoms with Crippen LogP contribution in [-0.2, 0) is 9.59 Å². The summed E-state index contributed by atoms with van der Waals surface area (Å²) in [6.07, 6.45) is 0.142. The van der Waals surface area contributed by atoms with Gasteiger partial charge < -0.3 is 15.7 Å². The normalized spacial score (nSPS) is 19.4. The molecular weight excluding hydrogens is 172 g/mol. The molecule has 1 rings (SSSR count). The topological polar surface area (TPSA) is 83.6 Å². The van der Waals surface area contributed by atoms with Gasteiger partial charge in [0.05, 0.1) is 12.5 Å². The number of likely N-dealkylation sites (tertiary alicyclic amines) is 1. The van der Waals surface area contributed by atoms with Gasteiger partial charge in [0, 0.05) is 19.0 Å². The van der Waals surface area contributed by atoms with Crippen molar-refractivity contribution in [1.29, 1.82) is 0 Å². The Hall–Kier alpha value is -1.10. The molecule has 1 fully saturated rings. The average Bonchev–Trinajstić information content (AvgIpc) is 1.94. The highest BCUT2D eigenvalue weighted by Crippen LogP contribution is 2.19. The lowest BCUT2D eigenvalue weighted by Gasteiger charge is -2.39. The van der Waals surface area contributed by atoms with Gasteiger partial charge in [-0.2, -0.15) is 0 Å². The molecule has 1 saturated heterocycles. The van der Waals surface area contributed by atoms with Crippen LogP contribution in [0.4, 0.5) is 0 Å². The van der Waals surface area contributed by atoms with Crippen molar-refractivity contribution in [3.8, 4) is 0 Å². The first-order valence-corrected chi connectivity index (χ1v) is 4.27. The molecule has 0 saturated carbocycles. The van der Waals surface area contributed by atoms with Gasteiger partial charge in [0.25, 0.3) is 0 Å². The van der Waals surface area contributed by atoms with Crippen LogP contribution in [-0.4, -0.2) is 41.0 Å². The number of aliphatic carboxylic acids is 1. The molecule has 1 atom stereocenters. The molecule has 1 aliphatic heterocycles. The molecule has 0 radical (unpaired) electrons. The minimum Gasteiger partial charge on any atom is -0.481 e. The van der Waals surface area contributed by atoms with Crippen LogP contribution in [0.3, 0.4) is 0 Å². The SMILES string of the molecule is C[C@@H](N)C(=O)N1CC(CC(=O)O)C1. The number of carbonyl (C=O) groups excluding carboxylic acids is 1. The van der Waals surface area contributed by atoms with E-state index in [1.54, 1.807) is 11.8 Å². The van der Waals surface area contributed by atoms with Crippen LogP contribution in [0.1, 0.15) is 13.3 Å². The number of carboxylic acid groups (broad SMARTS) is 1. The van der Waals surface area contributed by atoms with Crippen LogP contribution < -0.4 is 5.73 Å². The second-order valence-corrected chi connectivity index (χ2v) is 3.50. The minimum atomic E-state index is -0.808. The van der Waals surface area contributed by atoms with E-state index in [0.717, 1.165) is 0 Å². The van der Waals surface area contributed by atoms with Crippen molar-refractivity contribution in [2.24, 2.45) is 11.7 Å². The van der Waals surface area contributed by atoms with Crippen LogP contribution in [0.5, 0.6) is 0 Å². The van der Waals surface area contributed by atoms with E-state index in [0.29, 0.717) is 13.1 Å². The lowest BCUT2D eigenvalue weighted by molar-refractivity contribution is -0.145. The molecule has 0 aliphatic carbocycles. The third-order valence-corrected chi connectivity index (χ3v) is 2.12. The van der Waals surface area contributed by atoms with Gasteiger partial charge in [0.1, 0.15) is 0 Å². The highest BCUT2D eigenvalue weighted by atomic mass is 16.4. The molecule has 0 aromatic rings. The summed E-state index contributed by atoms with van der Waals surface area (Å²) < 4.78 is 0. The second kappa shape index (κ2) is 3.74. The number of carboxylic acids is 1. The summed E-state index contributed by atoms with van der Waals surface area (Å²) in [6.45, 7) is 2.70. The van der Waals surface area contributed by atoms with Gasteiger partial charge >= 0.3 is 5.97 Å². The Morgan fingerprint density at radius 1 is 1.62 bits per heavy atom. The van der Waals surface area contributed by atoms with E-state index in [1.807, 2.05) is 0 Å². The zero-order valence-corrected chi connectivity index (χ0v) is 7.56. The number of nitrogens with two attached hydrogens (primary N) is 1. The molecule has 0 unspecified atom stereocenters. The van der Waals surface area contributed by atoms with Crippen LogP contribution in [0.25, 0.3) is 0 Å². The first-order valence-electron chi connectivity index (χ1n) is 4.27. The van der Waals surface area contributed by atoms with E-state index < -0.39 is 12.0 Å². The first kappa shape index (κ1) is 9.98. The summed E-state index contributed by atoms with van der Waals surface area (Å²) in [7, 11) is 0. The van der Waals surface area contributed by atoms with E-state index in [9.17, 15) is 9.59 Å². The molecule has 0 spiro atoms. The monoisotopic (exact) mass is 186 g/mol. The standard InChI is InChI=1S/C8H14N2O3/c1-5(9)8(13)10-3-6(4-10)2-7(11)12/h5-6H,2-4,9H2,1H3,(H,11,12)/t5-/m1/s1. The molecule has 1 heterocycles. The third-order valence-electron chi connectivity index (χ3n) is 2.12. The highest BCUT2D eigenvalue weighted by molar-refractivity contribution is 5.82. The van der Waals surface area contributed by atoms with Gasteiger partial charge in [0.15, 0.2) is 0 Å². The zero-order valence-electron chi connectivity index (χ0n) is 7.56. The maximum Gasteiger partial charge on any atom is 0.303 e. The Balaban J connectivity index is 2.25. The molecule has 1 aliphatic rings. The Labute approximate surface area is 76.5 Å². The van der Waals surface area contributed by atoms with Gasteiger partial charge in [-0.1, -0.05) is 0 Å². The summed E-state index contributed by atoms with van der Waals surface area (Å²) >= 11 is 0. The summed E-state index contributed by atoms with van der Waals surface area (Å²) in [5, 5.41) is 8.45. The predicted molar refractivity (Wildman–Crippen MR) is 46.0 cm³/mol. The van der Waals surface area contributed by atoms with Crippen LogP contribution in [0.15, 0.2) is 0 Å². The van der Waals surface area contributed by atoms with Crippen molar-refractivity contribution in [3.05, 3.63) is 0 Å². The van der Waals surface area contributed by atoms with E-state index in [4.69, 9.17) is 10.8 Å². The molecule has 1 amide bonds. The zero-order chi connectivity index (χ0) is 10.0. The molecule has 0 bridgehead atoms. The largest absolute Gasteiger partial charge is 0.481 e. The van der Waals surface area contributed by atoms with Gasteiger partial charge in [-0.25, -0.2) is 0 Å². The number of amides is 1. The lowest BCUT2D eigenvalue weighted by Crippen LogP contribution is -2.54. The smallest absolute Gasteiger partial charge is 0.303 e. The molecule has 5 nitrogen and oxygen atoms in total. The number of hydrogen-bond acceptors (Lipinski definition) is 3. The van der Waals surface area contributed by atoms with E-state index in [1.165, 1.54) is 0 Å². The maximum absolute atomic E-state index is 11.2. The Morgan fingerprint density at radius 3 is 2.54 bits per heavy atom. The Morgan fingerprint density at radius 2 is 2.15 bits per heavy atom. The number of carbonyl (C=O) groups is 2. The first-order chi connectivity index (χ1) is 6.00. The van der Waals surface area contributed by atoms with Gasteiger partial charge in [-0.15, -0.1) is 0 Å². The van der Waals surface area contributed by atoms with Crippen LogP contribution in [0, 0.1) is 5.92 Å².